The Balaban J connectivity index is 1.75. The van der Waals surface area contributed by atoms with Crippen molar-refractivity contribution < 1.29 is 8.42 Å². The van der Waals surface area contributed by atoms with Crippen molar-refractivity contribution in [3.8, 4) is 0 Å². The minimum Gasteiger partial charge on any atom is -0.326 e. The fourth-order valence-corrected chi connectivity index (χ4v) is 4.92. The van der Waals surface area contributed by atoms with Gasteiger partial charge in [0.15, 0.2) is 0 Å². The summed E-state index contributed by atoms with van der Waals surface area (Å²) in [5.74, 6) is 0.0529. The third-order valence-corrected chi connectivity index (χ3v) is 6.59. The first-order valence-electron chi connectivity index (χ1n) is 6.89. The maximum Gasteiger partial charge on any atom is 0.218 e. The van der Waals surface area contributed by atoms with Crippen LogP contribution in [-0.4, -0.2) is 19.3 Å². The van der Waals surface area contributed by atoms with Crippen LogP contribution in [0.15, 0.2) is 35.7 Å². The highest BCUT2D eigenvalue weighted by molar-refractivity contribution is 7.88. The molecule has 0 spiro atoms. The number of nitrogens with two attached hydrogens (primary N) is 1. The summed E-state index contributed by atoms with van der Waals surface area (Å²) in [7, 11) is -3.27. The molecule has 2 heterocycles. The van der Waals surface area contributed by atoms with Crippen molar-refractivity contribution in [2.75, 3.05) is 6.54 Å². The normalized spacial score (nSPS) is 15.9. The van der Waals surface area contributed by atoms with Gasteiger partial charge < -0.3 is 5.73 Å². The van der Waals surface area contributed by atoms with Gasteiger partial charge in [0.1, 0.15) is 0 Å². The summed E-state index contributed by atoms with van der Waals surface area (Å²) >= 11 is 1.71. The predicted molar refractivity (Wildman–Crippen MR) is 85.4 cm³/mol. The van der Waals surface area contributed by atoms with Crippen LogP contribution in [0.25, 0.3) is 0 Å². The Hall–Kier alpha value is -1.21. The second-order valence-corrected chi connectivity index (χ2v) is 8.20. The SMILES string of the molecule is NCc1ccc(CS(=O)(=O)N2CCc3sccc3C2)cc1. The largest absolute Gasteiger partial charge is 0.326 e. The van der Waals surface area contributed by atoms with Gasteiger partial charge in [-0.15, -0.1) is 11.3 Å². The maximum absolute atomic E-state index is 12.5. The Morgan fingerprint density at radius 1 is 1.14 bits per heavy atom. The van der Waals surface area contributed by atoms with Crippen LogP contribution in [0.3, 0.4) is 0 Å². The van der Waals surface area contributed by atoms with Crippen molar-refractivity contribution in [2.24, 2.45) is 5.73 Å². The Kier molecular flexibility index (Phi) is 4.12. The lowest BCUT2D eigenvalue weighted by Gasteiger charge is -2.26. The van der Waals surface area contributed by atoms with Gasteiger partial charge in [-0.25, -0.2) is 8.42 Å². The zero-order valence-corrected chi connectivity index (χ0v) is 13.3. The Morgan fingerprint density at radius 3 is 2.57 bits per heavy atom. The molecule has 0 saturated heterocycles. The van der Waals surface area contributed by atoms with Gasteiger partial charge >= 0.3 is 0 Å². The van der Waals surface area contributed by atoms with E-state index in [1.807, 2.05) is 35.7 Å². The number of fused-ring (bicyclic) bond motifs is 1. The third-order valence-electron chi connectivity index (χ3n) is 3.77. The van der Waals surface area contributed by atoms with Gasteiger partial charge in [-0.1, -0.05) is 24.3 Å². The summed E-state index contributed by atoms with van der Waals surface area (Å²) in [4.78, 5) is 1.31. The molecule has 0 radical (unpaired) electrons. The first-order valence-corrected chi connectivity index (χ1v) is 9.38. The van der Waals surface area contributed by atoms with Gasteiger partial charge in [-0.05, 0) is 34.6 Å². The summed E-state index contributed by atoms with van der Waals surface area (Å²) in [6.07, 6.45) is 0.818. The monoisotopic (exact) mass is 322 g/mol. The molecule has 0 unspecified atom stereocenters. The summed E-state index contributed by atoms with van der Waals surface area (Å²) in [5, 5.41) is 2.03. The Bertz CT molecular complexity index is 720. The average Bonchev–Trinajstić information content (AvgIpc) is 2.95. The van der Waals surface area contributed by atoms with Crippen molar-refractivity contribution in [3.63, 3.8) is 0 Å². The molecule has 0 bridgehead atoms. The van der Waals surface area contributed by atoms with Crippen LogP contribution in [0.2, 0.25) is 0 Å². The van der Waals surface area contributed by atoms with E-state index in [4.69, 9.17) is 5.73 Å². The van der Waals surface area contributed by atoms with Gasteiger partial charge in [0.05, 0.1) is 5.75 Å². The second-order valence-electron chi connectivity index (χ2n) is 5.23. The van der Waals surface area contributed by atoms with E-state index in [2.05, 4.69) is 0 Å². The van der Waals surface area contributed by atoms with E-state index >= 15 is 0 Å². The van der Waals surface area contributed by atoms with Crippen molar-refractivity contribution in [2.45, 2.75) is 25.3 Å². The molecule has 1 aliphatic heterocycles. The summed E-state index contributed by atoms with van der Waals surface area (Å²) in [5.41, 5.74) is 8.52. The highest BCUT2D eigenvalue weighted by Gasteiger charge is 2.27. The van der Waals surface area contributed by atoms with Crippen molar-refractivity contribution in [1.29, 1.82) is 0 Å². The molecular formula is C15H18N2O2S2. The van der Waals surface area contributed by atoms with E-state index in [1.54, 1.807) is 15.6 Å². The minimum atomic E-state index is -3.27. The molecule has 0 amide bonds. The number of sulfonamides is 1. The topological polar surface area (TPSA) is 63.4 Å². The third kappa shape index (κ3) is 3.18. The quantitative estimate of drug-likeness (QED) is 0.937. The maximum atomic E-state index is 12.5. The van der Waals surface area contributed by atoms with Gasteiger partial charge in [-0.2, -0.15) is 4.31 Å². The van der Waals surface area contributed by atoms with E-state index in [0.29, 0.717) is 19.6 Å². The highest BCUT2D eigenvalue weighted by Crippen LogP contribution is 2.26. The number of nitrogens with zero attached hydrogens (tertiary/aromatic N) is 1. The first-order chi connectivity index (χ1) is 10.1. The van der Waals surface area contributed by atoms with Crippen LogP contribution in [0.1, 0.15) is 21.6 Å². The summed E-state index contributed by atoms with van der Waals surface area (Å²) in [6, 6.07) is 9.49. The van der Waals surface area contributed by atoms with Crippen LogP contribution in [-0.2, 0) is 35.3 Å². The zero-order chi connectivity index (χ0) is 14.9. The van der Waals surface area contributed by atoms with Gasteiger partial charge in [0.2, 0.25) is 10.0 Å². The molecule has 2 aromatic rings. The molecule has 2 N–H and O–H groups in total. The van der Waals surface area contributed by atoms with E-state index in [9.17, 15) is 8.42 Å². The van der Waals surface area contributed by atoms with Crippen LogP contribution in [0, 0.1) is 0 Å². The van der Waals surface area contributed by atoms with Crippen LogP contribution >= 0.6 is 11.3 Å². The second kappa shape index (κ2) is 5.88. The first kappa shape index (κ1) is 14.7. The van der Waals surface area contributed by atoms with Crippen molar-refractivity contribution in [3.05, 3.63) is 57.3 Å². The van der Waals surface area contributed by atoms with Crippen molar-refractivity contribution in [1.82, 2.24) is 4.31 Å². The lowest BCUT2D eigenvalue weighted by Crippen LogP contribution is -2.36. The number of hydrogen-bond donors (Lipinski definition) is 1. The summed E-state index contributed by atoms with van der Waals surface area (Å²) in [6.45, 7) is 1.55. The standard InChI is InChI=1S/C15H18N2O2S2/c16-9-12-1-3-13(4-2-12)11-21(18,19)17-7-5-15-14(10-17)6-8-20-15/h1-4,6,8H,5,7,9-11,16H2. The smallest absolute Gasteiger partial charge is 0.218 e. The molecule has 0 fully saturated rings. The van der Waals surface area contributed by atoms with Crippen LogP contribution in [0.4, 0.5) is 0 Å². The van der Waals surface area contributed by atoms with Crippen LogP contribution < -0.4 is 5.73 Å². The number of benzene rings is 1. The molecule has 4 nitrogen and oxygen atoms in total. The molecule has 1 aromatic carbocycles. The molecule has 1 aliphatic rings. The van der Waals surface area contributed by atoms with Crippen molar-refractivity contribution >= 4 is 21.4 Å². The van der Waals surface area contributed by atoms with E-state index in [0.717, 1.165) is 23.1 Å². The van der Waals surface area contributed by atoms with Gasteiger partial charge in [-0.3, -0.25) is 0 Å². The Morgan fingerprint density at radius 2 is 1.86 bits per heavy atom. The Labute approximate surface area is 129 Å². The zero-order valence-electron chi connectivity index (χ0n) is 11.7. The minimum absolute atomic E-state index is 0.0529. The lowest BCUT2D eigenvalue weighted by molar-refractivity contribution is 0.393. The number of hydrogen-bond acceptors (Lipinski definition) is 4. The van der Waals surface area contributed by atoms with E-state index in [-0.39, 0.29) is 5.75 Å². The molecule has 0 saturated carbocycles. The van der Waals surface area contributed by atoms with Gasteiger partial charge in [0.25, 0.3) is 0 Å². The predicted octanol–water partition coefficient (Wildman–Crippen LogP) is 2.09. The molecule has 0 aliphatic carbocycles. The molecule has 0 atom stereocenters. The van der Waals surface area contributed by atoms with Crippen LogP contribution in [0.5, 0.6) is 0 Å². The fourth-order valence-electron chi connectivity index (χ4n) is 2.53. The number of thiophene rings is 1. The highest BCUT2D eigenvalue weighted by atomic mass is 32.2. The molecule has 6 heteroatoms. The molecule has 1 aromatic heterocycles. The molecule has 21 heavy (non-hydrogen) atoms. The number of rotatable bonds is 4. The summed E-state index contributed by atoms with van der Waals surface area (Å²) < 4.78 is 26.7. The molecular weight excluding hydrogens is 304 g/mol. The molecule has 112 valence electrons. The molecule has 3 rings (SSSR count). The lowest BCUT2D eigenvalue weighted by atomic mass is 10.1. The van der Waals surface area contributed by atoms with E-state index < -0.39 is 10.0 Å². The fraction of sp³-hybridized carbons (Fsp3) is 0.333. The van der Waals surface area contributed by atoms with E-state index in [1.165, 1.54) is 4.88 Å². The average molecular weight is 322 g/mol. The van der Waals surface area contributed by atoms with Gasteiger partial charge in [0, 0.05) is 24.5 Å².